The highest BCUT2D eigenvalue weighted by molar-refractivity contribution is 6.33. The fourth-order valence-corrected chi connectivity index (χ4v) is 16.1. The Morgan fingerprint density at radius 1 is 0.610 bits per heavy atom. The normalized spacial score (nSPS) is 26.7. The van der Waals surface area contributed by atoms with E-state index in [9.17, 15) is 27.6 Å². The maximum Gasteiger partial charge on any atom is 0.471 e. The molecule has 8 fully saturated rings. The van der Waals surface area contributed by atoms with Gasteiger partial charge in [0.05, 0.1) is 33.8 Å². The van der Waals surface area contributed by atoms with Gasteiger partial charge in [0.25, 0.3) is 11.8 Å². The zero-order chi connectivity index (χ0) is 55.2. The van der Waals surface area contributed by atoms with Crippen molar-refractivity contribution in [2.24, 2.45) is 23.7 Å². The van der Waals surface area contributed by atoms with E-state index in [0.29, 0.717) is 80.2 Å². The van der Waals surface area contributed by atoms with Crippen LogP contribution >= 0.6 is 23.2 Å². The van der Waals surface area contributed by atoms with E-state index in [1.807, 2.05) is 36.5 Å². The third-order valence-electron chi connectivity index (χ3n) is 17.9. The van der Waals surface area contributed by atoms with E-state index in [1.165, 1.54) is 36.2 Å². The summed E-state index contributed by atoms with van der Waals surface area (Å²) in [6.07, 6.45) is 15.0. The van der Waals surface area contributed by atoms with Crippen molar-refractivity contribution >= 4 is 80.7 Å². The number of benzene rings is 4. The van der Waals surface area contributed by atoms with Crippen molar-refractivity contribution in [3.63, 3.8) is 0 Å². The second-order valence-corrected chi connectivity index (χ2v) is 24.7. The van der Waals surface area contributed by atoms with E-state index in [0.717, 1.165) is 98.2 Å². The number of hydrogen-bond donors (Lipinski definition) is 7. The number of aromatic amines is 1. The highest BCUT2D eigenvalue weighted by atomic mass is 35.5. The van der Waals surface area contributed by atoms with E-state index in [2.05, 4.69) is 60.5 Å². The lowest BCUT2D eigenvalue weighted by Gasteiger charge is -2.62. The Morgan fingerprint density at radius 2 is 1.10 bits per heavy atom. The molecule has 3 aromatic heterocycles. The molecular formula is C63H66Cl2F3N11O3. The summed E-state index contributed by atoms with van der Waals surface area (Å²) in [7, 11) is 0. The van der Waals surface area contributed by atoms with Gasteiger partial charge in [-0.15, -0.1) is 0 Å². The largest absolute Gasteiger partial charge is 0.471 e. The van der Waals surface area contributed by atoms with Crippen LogP contribution in [0.15, 0.2) is 122 Å². The Morgan fingerprint density at radius 3 is 1.66 bits per heavy atom. The van der Waals surface area contributed by atoms with Crippen molar-refractivity contribution in [2.45, 2.75) is 127 Å². The zero-order valence-corrected chi connectivity index (χ0v) is 45.0. The van der Waals surface area contributed by atoms with E-state index in [1.54, 1.807) is 42.0 Å². The number of hydrogen-bond acceptors (Lipinski definition) is 10. The number of aromatic nitrogens is 5. The Hall–Kier alpha value is -7.50. The second-order valence-electron chi connectivity index (χ2n) is 23.9. The van der Waals surface area contributed by atoms with Gasteiger partial charge in [-0.25, -0.2) is 19.9 Å². The minimum Gasteiger partial charge on any atom is -0.399 e. The van der Waals surface area contributed by atoms with E-state index in [4.69, 9.17) is 38.9 Å². The molecule has 0 radical (unpaired) electrons. The number of rotatable bonds is 11. The standard InChI is InChI=1S/C32H29ClF3N5O2.C29H29ClN6O.2CH4/c33-25-16-37-29(39-26(25)24-10-7-20-3-1-2-4-23(20)24)41-31-14-18-11-19(15-31)13-30(12-18,17-31)40-27(42)21-5-8-22(9-6-21)38-28(43)32(34,35)36;30-23-15-33-27(34-25(23)22-14-32-24-4-2-1-3-21(22)24)36-29-12-17-9-18(13-29)11-28(10-17,16-29)35-26(37)19-5-7-20(31)8-6-19;;/h1-6,8-10,16,18-19H,7,11-15,17H2,(H,38,43)(H,40,42)(H,37,39,41);1-8,14-15,17-18,32H,9-13,16,31H2,(H,35,37)(H,33,34,36);2*1H4. The molecule has 8 bridgehead atoms. The number of H-pyrrole nitrogens is 1. The average Bonchev–Trinajstić information content (AvgIpc) is 2.48. The Kier molecular flexibility index (Phi) is 14.7. The molecule has 3 amide bonds. The fourth-order valence-electron chi connectivity index (χ4n) is 15.8. The predicted octanol–water partition coefficient (Wildman–Crippen LogP) is 13.6. The molecule has 19 heteroatoms. The molecule has 9 aliphatic rings. The van der Waals surface area contributed by atoms with Gasteiger partial charge >= 0.3 is 12.1 Å². The van der Waals surface area contributed by atoms with E-state index >= 15 is 0 Å². The summed E-state index contributed by atoms with van der Waals surface area (Å²) in [5.41, 5.74) is 13.1. The van der Waals surface area contributed by atoms with Crippen LogP contribution in [0.25, 0.3) is 27.7 Å². The zero-order valence-electron chi connectivity index (χ0n) is 43.5. The molecule has 0 spiro atoms. The lowest BCUT2D eigenvalue weighted by atomic mass is 9.50. The van der Waals surface area contributed by atoms with Gasteiger partial charge in [-0.2, -0.15) is 13.2 Å². The second kappa shape index (κ2) is 21.4. The van der Waals surface area contributed by atoms with E-state index < -0.39 is 17.6 Å². The first kappa shape index (κ1) is 56.4. The summed E-state index contributed by atoms with van der Waals surface area (Å²) in [5, 5.41) is 18.1. The van der Waals surface area contributed by atoms with Gasteiger partial charge in [-0.05, 0) is 173 Å². The maximum absolute atomic E-state index is 13.4. The number of carbonyl (C=O) groups excluding carboxylic acids is 3. The fraction of sp³-hybridized carbons (Fsp3) is 0.381. The van der Waals surface area contributed by atoms with Gasteiger partial charge in [-0.3, -0.25) is 14.4 Å². The van der Waals surface area contributed by atoms with Crippen LogP contribution in [-0.4, -0.2) is 71.0 Å². The molecule has 0 aliphatic heterocycles. The minimum absolute atomic E-state index is 0. The molecule has 4 aromatic carbocycles. The van der Waals surface area contributed by atoms with Crippen LogP contribution < -0.4 is 32.3 Å². The molecule has 9 aliphatic carbocycles. The van der Waals surface area contributed by atoms with Crippen LogP contribution in [-0.2, 0) is 11.2 Å². The lowest BCUT2D eigenvalue weighted by molar-refractivity contribution is -0.167. The molecule has 426 valence electrons. The quantitative estimate of drug-likeness (QED) is 0.0611. The van der Waals surface area contributed by atoms with Crippen LogP contribution in [0.3, 0.4) is 0 Å². The van der Waals surface area contributed by atoms with E-state index in [-0.39, 0.29) is 49.0 Å². The first-order valence-electron chi connectivity index (χ1n) is 27.3. The van der Waals surface area contributed by atoms with Crippen LogP contribution in [0.5, 0.6) is 0 Å². The van der Waals surface area contributed by atoms with Gasteiger partial charge in [0.2, 0.25) is 11.9 Å². The van der Waals surface area contributed by atoms with Gasteiger partial charge in [0.1, 0.15) is 0 Å². The van der Waals surface area contributed by atoms with Crippen LogP contribution in [0.1, 0.15) is 129 Å². The summed E-state index contributed by atoms with van der Waals surface area (Å²) in [6.45, 7) is 0. The number of nitrogens with two attached hydrogens (primary N) is 1. The number of carbonyl (C=O) groups is 3. The number of fused-ring (bicyclic) bond motifs is 2. The maximum atomic E-state index is 13.4. The van der Waals surface area contributed by atoms with Crippen molar-refractivity contribution in [2.75, 3.05) is 21.7 Å². The summed E-state index contributed by atoms with van der Waals surface area (Å²) in [5.74, 6) is 0.745. The number of halogens is 5. The lowest BCUT2D eigenvalue weighted by Crippen LogP contribution is -2.67. The third-order valence-corrected chi connectivity index (χ3v) is 18.4. The number of nitrogens with zero attached hydrogens (tertiary/aromatic N) is 4. The molecule has 0 saturated heterocycles. The number of nitrogens with one attached hydrogen (secondary N) is 6. The SMILES string of the molecule is C.C.Nc1ccc(C(=O)NC23CC4CC(C2)CC(Nc2ncc(Cl)c(-c5c[nH]c6ccccc56)n2)(C4)C3)cc1.O=C(NC12CC3CC(C1)CC(Nc1ncc(Cl)c(C4=CCc5ccccc54)n1)(C3)C2)c1ccc(NC(=O)C(F)(F)F)cc1. The first-order chi connectivity index (χ1) is 38.4. The first-order valence-corrected chi connectivity index (χ1v) is 28.1. The number of anilines is 4. The molecule has 8 N–H and O–H groups in total. The number of amides is 3. The highest BCUT2D eigenvalue weighted by Gasteiger charge is 2.60. The van der Waals surface area contributed by atoms with Gasteiger partial charge < -0.3 is 37.3 Å². The molecule has 14 nitrogen and oxygen atoms in total. The highest BCUT2D eigenvalue weighted by Crippen LogP contribution is 2.60. The van der Waals surface area contributed by atoms with Crippen molar-refractivity contribution in [1.82, 2.24) is 35.6 Å². The summed E-state index contributed by atoms with van der Waals surface area (Å²) >= 11 is 13.2. The van der Waals surface area contributed by atoms with Gasteiger partial charge in [0.15, 0.2) is 0 Å². The number of alkyl halides is 3. The average molecular weight is 1150 g/mol. The van der Waals surface area contributed by atoms with Crippen LogP contribution in [0, 0.1) is 23.7 Å². The Labute approximate surface area is 484 Å². The van der Waals surface area contributed by atoms with Gasteiger partial charge in [0, 0.05) is 72.9 Å². The Balaban J connectivity index is 0.000000170. The van der Waals surface area contributed by atoms with Crippen LogP contribution in [0.4, 0.5) is 36.4 Å². The smallest absolute Gasteiger partial charge is 0.399 e. The minimum atomic E-state index is -4.99. The monoisotopic (exact) mass is 1150 g/mol. The third kappa shape index (κ3) is 10.9. The molecule has 82 heavy (non-hydrogen) atoms. The topological polar surface area (TPSA) is 205 Å². The molecular weight excluding hydrogens is 1090 g/mol. The van der Waals surface area contributed by atoms with Crippen molar-refractivity contribution in [1.29, 1.82) is 0 Å². The summed E-state index contributed by atoms with van der Waals surface area (Å²) < 4.78 is 37.8. The van der Waals surface area contributed by atoms with Crippen LogP contribution in [0.2, 0.25) is 10.0 Å². The molecule has 4 atom stereocenters. The van der Waals surface area contributed by atoms with Crippen molar-refractivity contribution in [3.8, 4) is 11.3 Å². The van der Waals surface area contributed by atoms with Gasteiger partial charge in [-0.1, -0.05) is 86.6 Å². The summed E-state index contributed by atoms with van der Waals surface area (Å²) in [4.78, 5) is 60.1. The summed E-state index contributed by atoms with van der Waals surface area (Å²) in [6, 6.07) is 29.0. The predicted molar refractivity (Wildman–Crippen MR) is 317 cm³/mol. The molecule has 3 heterocycles. The molecule has 8 saturated carbocycles. The molecule has 16 rings (SSSR count). The molecule has 4 unspecified atom stereocenters. The van der Waals surface area contributed by atoms with Crippen molar-refractivity contribution < 1.29 is 27.6 Å². The number of nitrogen functional groups attached to an aromatic ring is 1. The number of allylic oxidation sites excluding steroid dienone is 1. The number of para-hydroxylation sites is 1. The molecule has 7 aromatic rings. The van der Waals surface area contributed by atoms with Crippen molar-refractivity contribution in [3.05, 3.63) is 160 Å². The Bertz CT molecular complexity index is 3620.